The zero-order valence-electron chi connectivity index (χ0n) is 23.4. The summed E-state index contributed by atoms with van der Waals surface area (Å²) in [5.41, 5.74) is 7.64. The number of unbranched alkanes of at least 4 members (excludes halogenated alkanes) is 1. The molecule has 40 heavy (non-hydrogen) atoms. The molecule has 0 aliphatic heterocycles. The van der Waals surface area contributed by atoms with E-state index < -0.39 is 10.7 Å². The average molecular weight is 616 g/mol. The Morgan fingerprint density at radius 1 is 1.10 bits per heavy atom. The van der Waals surface area contributed by atoms with E-state index >= 15 is 0 Å². The minimum absolute atomic E-state index is 0.0652. The van der Waals surface area contributed by atoms with Crippen molar-refractivity contribution in [3.8, 4) is 22.7 Å². The molecule has 3 N–H and O–H groups in total. The van der Waals surface area contributed by atoms with E-state index in [4.69, 9.17) is 44.4 Å². The number of hydrogen-bond donors (Lipinski definition) is 2. The van der Waals surface area contributed by atoms with Gasteiger partial charge in [0.2, 0.25) is 0 Å². The molecule has 220 valence electrons. The third-order valence-corrected chi connectivity index (χ3v) is 5.83. The highest BCUT2D eigenvalue weighted by molar-refractivity contribution is 6.54. The Hall–Kier alpha value is -2.82. The Balaban J connectivity index is 0.00000237. The van der Waals surface area contributed by atoms with Crippen LogP contribution < -0.4 is 10.6 Å². The minimum Gasteiger partial charge on any atom is -0.400 e. The zero-order valence-corrected chi connectivity index (χ0v) is 25.6. The van der Waals surface area contributed by atoms with Gasteiger partial charge in [-0.15, -0.1) is 0 Å². The van der Waals surface area contributed by atoms with E-state index in [1.165, 1.54) is 18.1 Å². The van der Waals surface area contributed by atoms with Crippen molar-refractivity contribution < 1.29 is 24.0 Å². The molecule has 2 heterocycles. The number of aliphatic hydroxyl groups excluding tert-OH is 1. The number of nitrogens with zero attached hydrogens (tertiary/aromatic N) is 3. The first kappa shape index (κ1) is 37.2. The first-order valence-corrected chi connectivity index (χ1v) is 13.8. The monoisotopic (exact) mass is 614 g/mol. The molecule has 0 fully saturated rings. The Morgan fingerprint density at radius 2 is 1.77 bits per heavy atom. The van der Waals surface area contributed by atoms with Crippen LogP contribution in [0.15, 0.2) is 47.1 Å². The number of aldehydes is 1. The molecule has 3 rings (SSSR count). The number of aryl methyl sites for hydroxylation is 1. The molecule has 3 aromatic rings. The average Bonchev–Trinajstić information content (AvgIpc) is 3.46. The minimum atomic E-state index is -1.30. The lowest BCUT2D eigenvalue weighted by molar-refractivity contribution is -0.119. The van der Waals surface area contributed by atoms with Crippen LogP contribution in [-0.4, -0.2) is 58.8 Å². The van der Waals surface area contributed by atoms with Gasteiger partial charge in [0.05, 0.1) is 5.02 Å². The molecule has 0 atom stereocenters. The number of anilines is 1. The van der Waals surface area contributed by atoms with Crippen molar-refractivity contribution in [1.29, 1.82) is 0 Å². The summed E-state index contributed by atoms with van der Waals surface area (Å²) < 4.78 is 5.50. The number of Topliss-reactive ketones (excluding diaryl/α,β-unsaturated/α-hetero) is 1. The van der Waals surface area contributed by atoms with E-state index in [1.807, 2.05) is 32.9 Å². The Morgan fingerprint density at radius 3 is 2.38 bits per heavy atom. The number of carbonyl (C=O) groups excluding carboxylic acids is 3. The Bertz CT molecular complexity index is 1170. The number of carbonyl (C=O) groups is 3. The number of benzene rings is 1. The largest absolute Gasteiger partial charge is 0.400 e. The van der Waals surface area contributed by atoms with E-state index in [-0.39, 0.29) is 25.2 Å². The van der Waals surface area contributed by atoms with Gasteiger partial charge in [-0.05, 0) is 44.2 Å². The fourth-order valence-corrected chi connectivity index (χ4v) is 3.97. The second-order valence-corrected chi connectivity index (χ2v) is 9.05. The number of amides is 1. The van der Waals surface area contributed by atoms with E-state index in [0.29, 0.717) is 40.7 Å². The third-order valence-electron chi connectivity index (χ3n) is 5.14. The van der Waals surface area contributed by atoms with Gasteiger partial charge in [0.1, 0.15) is 23.5 Å². The molecule has 9 nitrogen and oxygen atoms in total. The van der Waals surface area contributed by atoms with E-state index in [2.05, 4.69) is 15.9 Å². The lowest BCUT2D eigenvalue weighted by Gasteiger charge is -2.23. The number of aliphatic hydroxyl groups is 1. The van der Waals surface area contributed by atoms with Gasteiger partial charge in [-0.1, -0.05) is 65.9 Å². The fraction of sp³-hybridized carbons (Fsp3) is 0.393. The summed E-state index contributed by atoms with van der Waals surface area (Å²) >= 11 is 18.0. The van der Waals surface area contributed by atoms with E-state index in [0.717, 1.165) is 24.5 Å². The molecule has 0 spiro atoms. The van der Waals surface area contributed by atoms with Gasteiger partial charge in [0, 0.05) is 56.4 Å². The molecular weight excluding hydrogens is 579 g/mol. The predicted molar refractivity (Wildman–Crippen MR) is 162 cm³/mol. The maximum atomic E-state index is 12.7. The number of halogens is 3. The number of aromatic nitrogens is 2. The number of hydrogen-bond acceptors (Lipinski definition) is 8. The summed E-state index contributed by atoms with van der Waals surface area (Å²) in [6.45, 7) is 6.01. The molecule has 0 aliphatic rings. The molecule has 0 aliphatic carbocycles. The van der Waals surface area contributed by atoms with Crippen molar-refractivity contribution in [3.63, 3.8) is 0 Å². The fourth-order valence-electron chi connectivity index (χ4n) is 3.42. The highest BCUT2D eigenvalue weighted by Gasteiger charge is 2.24. The lowest BCUT2D eigenvalue weighted by Crippen LogP contribution is -2.36. The second-order valence-electron chi connectivity index (χ2n) is 7.55. The molecule has 1 amide bonds. The zero-order chi connectivity index (χ0) is 30.7. The summed E-state index contributed by atoms with van der Waals surface area (Å²) in [7, 11) is 2.50. The van der Waals surface area contributed by atoms with Crippen molar-refractivity contribution in [1.82, 2.24) is 10.1 Å². The first-order chi connectivity index (χ1) is 19.3. The number of alkyl halides is 2. The van der Waals surface area contributed by atoms with Crippen LogP contribution in [0.25, 0.3) is 22.7 Å². The normalized spacial score (nSPS) is 9.78. The van der Waals surface area contributed by atoms with Gasteiger partial charge in [-0.2, -0.15) is 0 Å². The standard InChI is InChI=1S/C24H22Cl3N3O4.C2H6.CH5N.CH4O/c1-15-5-4-7-18(25)22(15)20-14-21(34-29-20)19-13-16(8-10-28-19)30(24(33)23(26)27)11-9-17(32)6-2-3-12-31;3*1-2/h4-5,7-8,10,12-14,23H,2-3,6,9,11H2,1H3;1-2H3;2H2,1H3;2H,1H3. The molecule has 12 heteroatoms. The van der Waals surface area contributed by atoms with Gasteiger partial charge in [-0.3, -0.25) is 14.6 Å². The number of nitrogens with two attached hydrogens (primary N) is 1. The first-order valence-electron chi connectivity index (χ1n) is 12.6. The van der Waals surface area contributed by atoms with Crippen molar-refractivity contribution in [2.75, 3.05) is 25.6 Å². The van der Waals surface area contributed by atoms with Crippen LogP contribution in [0.4, 0.5) is 5.69 Å². The summed E-state index contributed by atoms with van der Waals surface area (Å²) in [6.07, 6.45) is 3.44. The lowest BCUT2D eigenvalue weighted by atomic mass is 10.1. The number of pyridine rings is 1. The number of rotatable bonds is 11. The predicted octanol–water partition coefficient (Wildman–Crippen LogP) is 6.04. The van der Waals surface area contributed by atoms with Crippen LogP contribution in [0.5, 0.6) is 0 Å². The van der Waals surface area contributed by atoms with Gasteiger partial charge >= 0.3 is 0 Å². The molecule has 0 radical (unpaired) electrons. The van der Waals surface area contributed by atoms with Crippen molar-refractivity contribution in [3.05, 3.63) is 53.2 Å². The molecule has 2 aromatic heterocycles. The molecule has 0 bridgehead atoms. The van der Waals surface area contributed by atoms with Crippen molar-refractivity contribution >= 4 is 58.5 Å². The third kappa shape index (κ3) is 11.3. The Kier molecular flexibility index (Phi) is 19.5. The van der Waals surface area contributed by atoms with Crippen LogP contribution in [0.3, 0.4) is 0 Å². The maximum Gasteiger partial charge on any atom is 0.260 e. The summed E-state index contributed by atoms with van der Waals surface area (Å²) in [4.78, 5) is 39.6. The quantitative estimate of drug-likeness (QED) is 0.151. The SMILES string of the molecule is CC.CN.CO.Cc1cccc(Cl)c1-c1cc(-c2cc(N(CCC(=O)CCCC=O)C(=O)C(Cl)Cl)ccn2)on1. The van der Waals surface area contributed by atoms with Crippen molar-refractivity contribution in [2.45, 2.75) is 51.3 Å². The summed E-state index contributed by atoms with van der Waals surface area (Å²) in [5, 5.41) is 11.7. The number of ketones is 1. The van der Waals surface area contributed by atoms with Crippen LogP contribution in [0, 0.1) is 6.92 Å². The van der Waals surface area contributed by atoms with Crippen LogP contribution in [0.2, 0.25) is 5.02 Å². The van der Waals surface area contributed by atoms with E-state index in [9.17, 15) is 14.4 Å². The van der Waals surface area contributed by atoms with Gasteiger partial charge in [0.25, 0.3) is 5.91 Å². The maximum absolute atomic E-state index is 12.7. The molecule has 0 unspecified atom stereocenters. The molecule has 1 aromatic carbocycles. The second kappa shape index (κ2) is 21.0. The van der Waals surface area contributed by atoms with Gasteiger partial charge in [-0.25, -0.2) is 0 Å². The highest BCUT2D eigenvalue weighted by atomic mass is 35.5. The van der Waals surface area contributed by atoms with Crippen LogP contribution in [-0.2, 0) is 14.4 Å². The molecule has 0 saturated heterocycles. The van der Waals surface area contributed by atoms with Crippen molar-refractivity contribution in [2.24, 2.45) is 5.73 Å². The molecule has 0 saturated carbocycles. The summed E-state index contributed by atoms with van der Waals surface area (Å²) in [6, 6.07) is 10.5. The Labute approximate surface area is 250 Å². The summed E-state index contributed by atoms with van der Waals surface area (Å²) in [5.74, 6) is -0.252. The smallest absolute Gasteiger partial charge is 0.260 e. The topological polar surface area (TPSA) is 140 Å². The molecular formula is C28H37Cl3N4O5. The van der Waals surface area contributed by atoms with Crippen LogP contribution in [0.1, 0.15) is 45.1 Å². The highest BCUT2D eigenvalue weighted by Crippen LogP contribution is 2.33. The van der Waals surface area contributed by atoms with Gasteiger partial charge < -0.3 is 25.1 Å². The van der Waals surface area contributed by atoms with E-state index in [1.54, 1.807) is 24.3 Å². The van der Waals surface area contributed by atoms with Gasteiger partial charge in [0.15, 0.2) is 10.6 Å². The van der Waals surface area contributed by atoms with Crippen LogP contribution >= 0.6 is 34.8 Å².